The summed E-state index contributed by atoms with van der Waals surface area (Å²) >= 11 is 0. The lowest BCUT2D eigenvalue weighted by Gasteiger charge is -2.27. The van der Waals surface area contributed by atoms with E-state index in [0.717, 1.165) is 57.8 Å². The van der Waals surface area contributed by atoms with Crippen molar-refractivity contribution in [2.24, 2.45) is 17.8 Å². The van der Waals surface area contributed by atoms with Crippen LogP contribution in [0.5, 0.6) is 0 Å². The molecule has 0 aliphatic heterocycles. The molecule has 8 heteroatoms. The van der Waals surface area contributed by atoms with E-state index >= 15 is 0 Å². The van der Waals surface area contributed by atoms with Crippen LogP contribution in [0.4, 0.5) is 0 Å². The van der Waals surface area contributed by atoms with Gasteiger partial charge in [0.25, 0.3) is 0 Å². The normalized spacial score (nSPS) is 15.8. The molecule has 0 bridgehead atoms. The lowest BCUT2D eigenvalue weighted by molar-refractivity contribution is 0.148. The molecule has 38 heavy (non-hydrogen) atoms. The van der Waals surface area contributed by atoms with Gasteiger partial charge >= 0.3 is 15.2 Å². The maximum absolute atomic E-state index is 13.7. The van der Waals surface area contributed by atoms with Gasteiger partial charge in [-0.25, -0.2) is 0 Å². The molecule has 0 spiro atoms. The standard InChI is InChI=1S/C24H51O3P.C6H15O3P/c1-7-13-16-22(10-4)19-26-28(25,21-24(12-6)18-15-9-3)27-20-23(11-5)17-14-8-2;1-2-3-4-5-6-10(7,8)9/h22-24H,7-21H2,1-6H3;2-6H2,1H3,(H2,7,8,9). The van der Waals surface area contributed by atoms with Gasteiger partial charge in [0.2, 0.25) is 0 Å². The Morgan fingerprint density at radius 1 is 0.553 bits per heavy atom. The average molecular weight is 585 g/mol. The summed E-state index contributed by atoms with van der Waals surface area (Å²) in [5.41, 5.74) is 0. The lowest BCUT2D eigenvalue weighted by atomic mass is 10.0. The molecule has 0 rings (SSSR count). The first-order chi connectivity index (χ1) is 18.0. The van der Waals surface area contributed by atoms with Crippen LogP contribution in [0.3, 0.4) is 0 Å². The molecular weight excluding hydrogens is 518 g/mol. The molecule has 0 aromatic carbocycles. The van der Waals surface area contributed by atoms with Gasteiger partial charge in [0.1, 0.15) is 0 Å². The largest absolute Gasteiger partial charge is 0.330 e. The molecule has 0 aliphatic carbocycles. The highest BCUT2D eigenvalue weighted by molar-refractivity contribution is 7.53. The molecule has 0 radical (unpaired) electrons. The quantitative estimate of drug-likeness (QED) is 0.0819. The third kappa shape index (κ3) is 25.3. The smallest absolute Gasteiger partial charge is 0.324 e. The van der Waals surface area contributed by atoms with Crippen LogP contribution in [0, 0.1) is 17.8 Å². The second-order valence-corrected chi connectivity index (χ2v) is 15.0. The van der Waals surface area contributed by atoms with Gasteiger partial charge in [0.05, 0.1) is 19.4 Å². The Balaban J connectivity index is 0. The minimum Gasteiger partial charge on any atom is -0.324 e. The van der Waals surface area contributed by atoms with Crippen molar-refractivity contribution in [2.75, 3.05) is 25.5 Å². The van der Waals surface area contributed by atoms with Crippen LogP contribution in [0.1, 0.15) is 151 Å². The van der Waals surface area contributed by atoms with Gasteiger partial charge in [0, 0.05) is 6.16 Å². The van der Waals surface area contributed by atoms with Crippen LogP contribution in [0.15, 0.2) is 0 Å². The summed E-state index contributed by atoms with van der Waals surface area (Å²) in [5.74, 6) is 1.43. The van der Waals surface area contributed by atoms with Gasteiger partial charge in [-0.2, -0.15) is 0 Å². The van der Waals surface area contributed by atoms with Crippen LogP contribution in [0.2, 0.25) is 0 Å². The fourth-order valence-electron chi connectivity index (χ4n) is 4.35. The van der Waals surface area contributed by atoms with Crippen LogP contribution in [-0.2, 0) is 18.2 Å². The van der Waals surface area contributed by atoms with E-state index in [0.29, 0.717) is 43.6 Å². The number of rotatable bonds is 25. The van der Waals surface area contributed by atoms with E-state index in [1.165, 1.54) is 38.5 Å². The van der Waals surface area contributed by atoms with Gasteiger partial charge in [-0.1, -0.05) is 126 Å². The highest BCUT2D eigenvalue weighted by atomic mass is 31.2. The van der Waals surface area contributed by atoms with Crippen LogP contribution in [0.25, 0.3) is 0 Å². The first-order valence-corrected chi connectivity index (χ1v) is 19.5. The van der Waals surface area contributed by atoms with E-state index in [4.69, 9.17) is 18.8 Å². The zero-order valence-corrected chi connectivity index (χ0v) is 28.1. The predicted molar refractivity (Wildman–Crippen MR) is 165 cm³/mol. The monoisotopic (exact) mass is 584 g/mol. The van der Waals surface area contributed by atoms with E-state index in [-0.39, 0.29) is 6.16 Å². The van der Waals surface area contributed by atoms with Crippen molar-refractivity contribution in [3.8, 4) is 0 Å². The fourth-order valence-corrected chi connectivity index (χ4v) is 7.22. The zero-order valence-electron chi connectivity index (χ0n) is 26.3. The lowest BCUT2D eigenvalue weighted by Crippen LogP contribution is -2.16. The summed E-state index contributed by atoms with van der Waals surface area (Å²) in [5, 5.41) is 0. The molecule has 0 heterocycles. The molecule has 0 saturated heterocycles. The van der Waals surface area contributed by atoms with Gasteiger partial charge in [-0.05, 0) is 43.4 Å². The van der Waals surface area contributed by atoms with Crippen molar-refractivity contribution in [3.63, 3.8) is 0 Å². The first kappa shape index (κ1) is 40.4. The Morgan fingerprint density at radius 3 is 1.29 bits per heavy atom. The second-order valence-electron chi connectivity index (χ2n) is 11.1. The second kappa shape index (κ2) is 26.2. The van der Waals surface area contributed by atoms with E-state index in [1.807, 2.05) is 0 Å². The SMILES string of the molecule is CCCCC(CC)COP(=O)(CC(CC)CCCC)OCC(CC)CCCC.CCCCCCP(=O)(O)O. The molecule has 0 aliphatic rings. The number of unbranched alkanes of at least 4 members (excludes halogenated alkanes) is 6. The molecule has 0 fully saturated rings. The molecule has 6 nitrogen and oxygen atoms in total. The Kier molecular flexibility index (Phi) is 27.9. The summed E-state index contributed by atoms with van der Waals surface area (Å²) in [6, 6.07) is 0. The third-order valence-electron chi connectivity index (χ3n) is 7.43. The predicted octanol–water partition coefficient (Wildman–Crippen LogP) is 10.6. The van der Waals surface area contributed by atoms with E-state index in [9.17, 15) is 9.13 Å². The third-order valence-corrected chi connectivity index (χ3v) is 10.4. The van der Waals surface area contributed by atoms with E-state index in [1.54, 1.807) is 0 Å². The minimum absolute atomic E-state index is 0.0486. The molecule has 0 aromatic rings. The van der Waals surface area contributed by atoms with E-state index < -0.39 is 15.2 Å². The minimum atomic E-state index is -3.71. The molecule has 2 N–H and O–H groups in total. The Labute approximate surface area is 237 Å². The Morgan fingerprint density at radius 2 is 0.947 bits per heavy atom. The van der Waals surface area contributed by atoms with Crippen molar-refractivity contribution in [2.45, 2.75) is 151 Å². The summed E-state index contributed by atoms with van der Waals surface area (Å²) in [7, 11) is -6.74. The van der Waals surface area contributed by atoms with Crippen molar-refractivity contribution in [3.05, 3.63) is 0 Å². The van der Waals surface area contributed by atoms with Crippen molar-refractivity contribution < 1.29 is 28.0 Å². The van der Waals surface area contributed by atoms with Crippen molar-refractivity contribution in [1.82, 2.24) is 0 Å². The Bertz CT molecular complexity index is 571. The molecule has 0 aromatic heterocycles. The average Bonchev–Trinajstić information content (AvgIpc) is 2.89. The van der Waals surface area contributed by atoms with Crippen molar-refractivity contribution in [1.29, 1.82) is 0 Å². The topological polar surface area (TPSA) is 93.1 Å². The first-order valence-electron chi connectivity index (χ1n) is 16.0. The van der Waals surface area contributed by atoms with Crippen LogP contribution < -0.4 is 0 Å². The van der Waals surface area contributed by atoms with Crippen molar-refractivity contribution >= 4 is 15.2 Å². The van der Waals surface area contributed by atoms with Crippen LogP contribution in [-0.4, -0.2) is 35.3 Å². The molecule has 3 atom stereocenters. The highest BCUT2D eigenvalue weighted by Crippen LogP contribution is 2.52. The van der Waals surface area contributed by atoms with Crippen LogP contribution >= 0.6 is 15.2 Å². The summed E-state index contributed by atoms with van der Waals surface area (Å²) in [4.78, 5) is 16.9. The number of hydrogen-bond acceptors (Lipinski definition) is 4. The number of hydrogen-bond donors (Lipinski definition) is 2. The van der Waals surface area contributed by atoms with Gasteiger partial charge in [0.15, 0.2) is 0 Å². The molecular formula is C30H66O6P2. The summed E-state index contributed by atoms with van der Waals surface area (Å²) in [6.45, 7) is 16.5. The van der Waals surface area contributed by atoms with Gasteiger partial charge in [-0.3, -0.25) is 9.13 Å². The Hall–Kier alpha value is 0.300. The molecule has 3 unspecified atom stereocenters. The maximum atomic E-state index is 13.7. The van der Waals surface area contributed by atoms with E-state index in [2.05, 4.69) is 48.5 Å². The summed E-state index contributed by atoms with van der Waals surface area (Å²) < 4.78 is 36.2. The molecule has 232 valence electrons. The molecule has 0 amide bonds. The summed E-state index contributed by atoms with van der Waals surface area (Å²) in [6.07, 6.45) is 18.3. The van der Waals surface area contributed by atoms with Gasteiger partial charge in [-0.15, -0.1) is 0 Å². The highest BCUT2D eigenvalue weighted by Gasteiger charge is 2.30. The molecule has 0 saturated carbocycles. The maximum Gasteiger partial charge on any atom is 0.330 e. The van der Waals surface area contributed by atoms with Gasteiger partial charge < -0.3 is 18.8 Å². The zero-order chi connectivity index (χ0) is 29.3. The fraction of sp³-hybridized carbons (Fsp3) is 1.00.